The number of aryl methyl sites for hydroxylation is 1. The van der Waals surface area contributed by atoms with Crippen LogP contribution in [0.4, 0.5) is 4.39 Å². The number of aromatic nitrogens is 1. The third kappa shape index (κ3) is 4.93. The zero-order valence-corrected chi connectivity index (χ0v) is 13.9. The Morgan fingerprint density at radius 1 is 1.38 bits per heavy atom. The number of nitrogens with one attached hydrogen (secondary N) is 1. The summed E-state index contributed by atoms with van der Waals surface area (Å²) in [4.78, 5) is 4.22. The maximum Gasteiger partial charge on any atom is 0.194 e. The Hall–Kier alpha value is -1.20. The Balaban J connectivity index is 1.91. The first-order valence-corrected chi connectivity index (χ1v) is 7.96. The van der Waals surface area contributed by atoms with Crippen molar-refractivity contribution in [1.29, 1.82) is 0 Å². The van der Waals surface area contributed by atoms with Crippen LogP contribution in [0.3, 0.4) is 0 Å². The SMILES string of the molecule is CC(C)CNCCCc1ncc(-c2cc(Br)ccc2F)o1. The molecule has 0 atom stereocenters. The van der Waals surface area contributed by atoms with Gasteiger partial charge in [-0.25, -0.2) is 9.37 Å². The van der Waals surface area contributed by atoms with Gasteiger partial charge in [0.1, 0.15) is 5.82 Å². The molecule has 1 N–H and O–H groups in total. The lowest BCUT2D eigenvalue weighted by molar-refractivity contribution is 0.481. The second-order valence-corrected chi connectivity index (χ2v) is 6.36. The number of nitrogens with zero attached hydrogens (tertiary/aromatic N) is 1. The minimum Gasteiger partial charge on any atom is -0.441 e. The van der Waals surface area contributed by atoms with Crippen LogP contribution in [-0.4, -0.2) is 18.1 Å². The van der Waals surface area contributed by atoms with Crippen molar-refractivity contribution in [3.8, 4) is 11.3 Å². The number of oxazole rings is 1. The summed E-state index contributed by atoms with van der Waals surface area (Å²) in [6.45, 7) is 6.31. The molecule has 0 aliphatic heterocycles. The molecule has 0 saturated carbocycles. The highest BCUT2D eigenvalue weighted by Crippen LogP contribution is 2.27. The van der Waals surface area contributed by atoms with Gasteiger partial charge in [0.05, 0.1) is 11.8 Å². The first-order valence-electron chi connectivity index (χ1n) is 7.17. The van der Waals surface area contributed by atoms with E-state index in [4.69, 9.17) is 4.42 Å². The summed E-state index contributed by atoms with van der Waals surface area (Å²) in [6, 6.07) is 4.78. The molecule has 114 valence electrons. The molecular weight excluding hydrogens is 335 g/mol. The molecule has 21 heavy (non-hydrogen) atoms. The molecule has 0 amide bonds. The fourth-order valence-electron chi connectivity index (χ4n) is 1.99. The van der Waals surface area contributed by atoms with E-state index >= 15 is 0 Å². The first-order chi connectivity index (χ1) is 10.1. The lowest BCUT2D eigenvalue weighted by atomic mass is 10.2. The van der Waals surface area contributed by atoms with Gasteiger partial charge in [-0.2, -0.15) is 0 Å². The molecule has 5 heteroatoms. The van der Waals surface area contributed by atoms with Crippen molar-refractivity contribution in [1.82, 2.24) is 10.3 Å². The van der Waals surface area contributed by atoms with Crippen LogP contribution in [-0.2, 0) is 6.42 Å². The normalized spacial score (nSPS) is 11.3. The molecule has 0 aliphatic rings. The Kier molecular flexibility index (Phi) is 5.94. The van der Waals surface area contributed by atoms with Gasteiger partial charge >= 0.3 is 0 Å². The van der Waals surface area contributed by atoms with Crippen LogP contribution >= 0.6 is 15.9 Å². The molecule has 3 nitrogen and oxygen atoms in total. The van der Waals surface area contributed by atoms with Crippen molar-refractivity contribution in [3.63, 3.8) is 0 Å². The smallest absolute Gasteiger partial charge is 0.194 e. The van der Waals surface area contributed by atoms with Crippen LogP contribution in [0.5, 0.6) is 0 Å². The van der Waals surface area contributed by atoms with E-state index in [1.807, 2.05) is 0 Å². The van der Waals surface area contributed by atoms with Crippen LogP contribution in [0, 0.1) is 11.7 Å². The lowest BCUT2D eigenvalue weighted by Crippen LogP contribution is -2.21. The summed E-state index contributed by atoms with van der Waals surface area (Å²) in [6.07, 6.45) is 3.29. The van der Waals surface area contributed by atoms with Gasteiger partial charge in [-0.3, -0.25) is 0 Å². The largest absolute Gasteiger partial charge is 0.441 e. The van der Waals surface area contributed by atoms with Crippen molar-refractivity contribution < 1.29 is 8.81 Å². The summed E-state index contributed by atoms with van der Waals surface area (Å²) in [5.41, 5.74) is 0.432. The molecule has 0 fully saturated rings. The van der Waals surface area contributed by atoms with Gasteiger partial charge in [0.2, 0.25) is 0 Å². The maximum absolute atomic E-state index is 13.8. The average molecular weight is 355 g/mol. The lowest BCUT2D eigenvalue weighted by Gasteiger charge is -2.05. The maximum atomic E-state index is 13.8. The monoisotopic (exact) mass is 354 g/mol. The Morgan fingerprint density at radius 3 is 2.95 bits per heavy atom. The summed E-state index contributed by atoms with van der Waals surface area (Å²) >= 11 is 3.33. The van der Waals surface area contributed by atoms with Gasteiger partial charge in [0, 0.05) is 10.9 Å². The molecule has 1 aromatic carbocycles. The Morgan fingerprint density at radius 2 is 2.19 bits per heavy atom. The summed E-state index contributed by atoms with van der Waals surface area (Å²) < 4.78 is 20.2. The fourth-order valence-corrected chi connectivity index (χ4v) is 2.35. The minimum absolute atomic E-state index is 0.306. The van der Waals surface area contributed by atoms with Crippen LogP contribution in [0.15, 0.2) is 33.3 Å². The molecule has 0 spiro atoms. The number of halogens is 2. The Bertz CT molecular complexity index is 583. The minimum atomic E-state index is -0.306. The molecule has 0 aliphatic carbocycles. The quantitative estimate of drug-likeness (QED) is 0.747. The van der Waals surface area contributed by atoms with Gasteiger partial charge in [0.15, 0.2) is 11.7 Å². The standard InChI is InChI=1S/C16H20BrFN2O/c1-11(2)9-19-7-3-4-16-20-10-15(21-16)13-8-12(17)5-6-14(13)18/h5-6,8,10-11,19H,3-4,7,9H2,1-2H3. The zero-order valence-electron chi connectivity index (χ0n) is 12.3. The first kappa shape index (κ1) is 16.2. The third-order valence-electron chi connectivity index (χ3n) is 3.04. The second kappa shape index (κ2) is 7.71. The highest BCUT2D eigenvalue weighted by atomic mass is 79.9. The molecule has 0 bridgehead atoms. The van der Waals surface area contributed by atoms with Crippen LogP contribution < -0.4 is 5.32 Å². The van der Waals surface area contributed by atoms with Crippen molar-refractivity contribution in [2.75, 3.05) is 13.1 Å². The van der Waals surface area contributed by atoms with Gasteiger partial charge in [0.25, 0.3) is 0 Å². The number of rotatable bonds is 7. The highest BCUT2D eigenvalue weighted by molar-refractivity contribution is 9.10. The van der Waals surface area contributed by atoms with E-state index in [2.05, 4.69) is 40.1 Å². The van der Waals surface area contributed by atoms with Crippen LogP contribution in [0.1, 0.15) is 26.2 Å². The molecule has 2 aromatic rings. The topological polar surface area (TPSA) is 38.1 Å². The average Bonchev–Trinajstić information content (AvgIpc) is 2.89. The van der Waals surface area contributed by atoms with Crippen LogP contribution in [0.25, 0.3) is 11.3 Å². The molecule has 1 aromatic heterocycles. The summed E-state index contributed by atoms with van der Waals surface area (Å²) in [5, 5.41) is 3.37. The van der Waals surface area contributed by atoms with Crippen molar-refractivity contribution >= 4 is 15.9 Å². The van der Waals surface area contributed by atoms with E-state index in [0.717, 1.165) is 30.4 Å². The molecule has 0 unspecified atom stereocenters. The van der Waals surface area contributed by atoms with Crippen LogP contribution in [0.2, 0.25) is 0 Å². The number of benzene rings is 1. The third-order valence-corrected chi connectivity index (χ3v) is 3.54. The predicted octanol–water partition coefficient (Wildman–Crippen LogP) is 4.42. The number of hydrogen-bond donors (Lipinski definition) is 1. The van der Waals surface area contributed by atoms with E-state index in [1.165, 1.54) is 6.07 Å². The zero-order chi connectivity index (χ0) is 15.2. The van der Waals surface area contributed by atoms with Gasteiger partial charge in [-0.15, -0.1) is 0 Å². The van der Waals surface area contributed by atoms with E-state index < -0.39 is 0 Å². The predicted molar refractivity (Wildman–Crippen MR) is 85.6 cm³/mol. The summed E-state index contributed by atoms with van der Waals surface area (Å²) in [5.74, 6) is 1.46. The van der Waals surface area contributed by atoms with E-state index in [9.17, 15) is 4.39 Å². The Labute approximate surface area is 133 Å². The van der Waals surface area contributed by atoms with E-state index in [-0.39, 0.29) is 5.82 Å². The molecule has 2 rings (SSSR count). The van der Waals surface area contributed by atoms with Crippen molar-refractivity contribution in [2.45, 2.75) is 26.7 Å². The molecule has 1 heterocycles. The van der Waals surface area contributed by atoms with Crippen molar-refractivity contribution in [2.24, 2.45) is 5.92 Å². The van der Waals surface area contributed by atoms with Crippen molar-refractivity contribution in [3.05, 3.63) is 40.6 Å². The highest BCUT2D eigenvalue weighted by Gasteiger charge is 2.11. The molecular formula is C16H20BrFN2O. The summed E-state index contributed by atoms with van der Waals surface area (Å²) in [7, 11) is 0. The molecule has 0 radical (unpaired) electrons. The van der Waals surface area contributed by atoms with Gasteiger partial charge in [-0.1, -0.05) is 29.8 Å². The second-order valence-electron chi connectivity index (χ2n) is 5.44. The fraction of sp³-hybridized carbons (Fsp3) is 0.438. The van der Waals surface area contributed by atoms with Gasteiger partial charge < -0.3 is 9.73 Å². The van der Waals surface area contributed by atoms with E-state index in [0.29, 0.717) is 23.1 Å². The van der Waals surface area contributed by atoms with Gasteiger partial charge in [-0.05, 0) is 43.6 Å². The van der Waals surface area contributed by atoms with E-state index in [1.54, 1.807) is 18.3 Å². The number of hydrogen-bond acceptors (Lipinski definition) is 3. The molecule has 0 saturated heterocycles.